The molecule has 29 heavy (non-hydrogen) atoms. The molecule has 4 rings (SSSR count). The molecule has 5 heteroatoms. The van der Waals surface area contributed by atoms with Gasteiger partial charge in [-0.1, -0.05) is 48.5 Å². The number of carbonyl (C=O) groups excluding carboxylic acids is 2. The number of thiophene rings is 1. The minimum Gasteiger partial charge on any atom is -0.453 e. The van der Waals surface area contributed by atoms with Gasteiger partial charge in [0.15, 0.2) is 6.61 Å². The normalized spacial score (nSPS) is 11.0. The molecule has 0 fully saturated rings. The lowest BCUT2D eigenvalue weighted by Crippen LogP contribution is -2.14. The second-order valence-electron chi connectivity index (χ2n) is 7.00. The Labute approximate surface area is 173 Å². The zero-order valence-corrected chi connectivity index (χ0v) is 17.2. The van der Waals surface area contributed by atoms with Gasteiger partial charge in [-0.15, -0.1) is 11.3 Å². The third-order valence-electron chi connectivity index (χ3n) is 5.02. The number of aryl methyl sites for hydroxylation is 1. The van der Waals surface area contributed by atoms with Crippen molar-refractivity contribution >= 4 is 33.2 Å². The third-order valence-corrected chi connectivity index (χ3v) is 6.11. The number of carbonyl (C=O) groups is 2. The van der Waals surface area contributed by atoms with E-state index in [1.165, 1.54) is 16.9 Å². The van der Waals surface area contributed by atoms with Crippen molar-refractivity contribution in [1.29, 1.82) is 0 Å². The van der Waals surface area contributed by atoms with Gasteiger partial charge in [-0.05, 0) is 43.0 Å². The van der Waals surface area contributed by atoms with Crippen LogP contribution < -0.4 is 0 Å². The minimum atomic E-state index is -0.461. The highest BCUT2D eigenvalue weighted by molar-refractivity contribution is 7.20. The molecule has 2 aromatic carbocycles. The van der Waals surface area contributed by atoms with E-state index in [1.807, 2.05) is 62.4 Å². The van der Waals surface area contributed by atoms with E-state index in [1.54, 1.807) is 6.07 Å². The number of hydrogen-bond acceptors (Lipinski definition) is 4. The van der Waals surface area contributed by atoms with Crippen LogP contribution in [-0.4, -0.2) is 22.9 Å². The number of benzene rings is 2. The summed E-state index contributed by atoms with van der Waals surface area (Å²) >= 11 is 1.37. The molecule has 146 valence electrons. The zero-order valence-electron chi connectivity index (χ0n) is 16.3. The van der Waals surface area contributed by atoms with Crippen LogP contribution in [0.2, 0.25) is 0 Å². The first-order valence-electron chi connectivity index (χ1n) is 9.42. The van der Waals surface area contributed by atoms with E-state index in [9.17, 15) is 9.59 Å². The first kappa shape index (κ1) is 19.2. The molecular formula is C24H21NO3S. The van der Waals surface area contributed by atoms with Gasteiger partial charge in [0.2, 0.25) is 5.78 Å². The van der Waals surface area contributed by atoms with Gasteiger partial charge in [0.05, 0.1) is 0 Å². The molecule has 2 heterocycles. The van der Waals surface area contributed by atoms with Crippen LogP contribution in [0.3, 0.4) is 0 Å². The Bertz CT molecular complexity index is 1150. The maximum atomic E-state index is 12.7. The summed E-state index contributed by atoms with van der Waals surface area (Å²) in [6, 6.07) is 21.6. The van der Waals surface area contributed by atoms with E-state index in [0.29, 0.717) is 17.0 Å². The number of aromatic nitrogens is 1. The number of nitrogens with zero attached hydrogens (tertiary/aromatic N) is 1. The second-order valence-corrected chi connectivity index (χ2v) is 8.09. The summed E-state index contributed by atoms with van der Waals surface area (Å²) in [7, 11) is 0. The molecule has 0 bridgehead atoms. The fourth-order valence-electron chi connectivity index (χ4n) is 3.46. The van der Waals surface area contributed by atoms with Crippen LogP contribution in [-0.2, 0) is 11.3 Å². The number of Topliss-reactive ketones (excluding diaryl/α,β-unsaturated/α-hetero) is 1. The zero-order chi connectivity index (χ0) is 20.4. The molecule has 0 aliphatic heterocycles. The average Bonchev–Trinajstić information content (AvgIpc) is 3.29. The van der Waals surface area contributed by atoms with Crippen molar-refractivity contribution in [3.8, 4) is 0 Å². The quantitative estimate of drug-likeness (QED) is 0.320. The maximum absolute atomic E-state index is 12.7. The molecular weight excluding hydrogens is 382 g/mol. The monoisotopic (exact) mass is 403 g/mol. The van der Waals surface area contributed by atoms with Crippen molar-refractivity contribution in [3.63, 3.8) is 0 Å². The molecule has 0 aliphatic rings. The molecule has 0 unspecified atom stereocenters. The van der Waals surface area contributed by atoms with Gasteiger partial charge in [0.25, 0.3) is 0 Å². The summed E-state index contributed by atoms with van der Waals surface area (Å²) in [5.74, 6) is -0.649. The predicted octanol–water partition coefficient (Wildman–Crippen LogP) is 5.41. The molecule has 0 aliphatic carbocycles. The molecule has 0 saturated heterocycles. The fourth-order valence-corrected chi connectivity index (χ4v) is 4.41. The highest BCUT2D eigenvalue weighted by Crippen LogP contribution is 2.26. The highest BCUT2D eigenvalue weighted by Gasteiger charge is 2.19. The summed E-state index contributed by atoms with van der Waals surface area (Å²) in [5.41, 5.74) is 3.66. The van der Waals surface area contributed by atoms with Crippen molar-refractivity contribution in [1.82, 2.24) is 4.57 Å². The number of ether oxygens (including phenoxy) is 1. The smallest absolute Gasteiger partial charge is 0.348 e. The SMILES string of the molecule is Cc1cc(C(=O)COC(=O)c2cc3ccccc3s2)c(C)n1Cc1ccccc1. The van der Waals surface area contributed by atoms with Gasteiger partial charge in [0.1, 0.15) is 4.88 Å². The lowest BCUT2D eigenvalue weighted by molar-refractivity contribution is 0.0479. The van der Waals surface area contributed by atoms with Crippen LogP contribution in [0, 0.1) is 13.8 Å². The van der Waals surface area contributed by atoms with Crippen molar-refractivity contribution in [2.45, 2.75) is 20.4 Å². The maximum Gasteiger partial charge on any atom is 0.348 e. The Morgan fingerprint density at radius 1 is 0.966 bits per heavy atom. The number of fused-ring (bicyclic) bond motifs is 1. The molecule has 0 radical (unpaired) electrons. The van der Waals surface area contributed by atoms with Crippen LogP contribution in [0.1, 0.15) is 37.0 Å². The molecule has 0 atom stereocenters. The Morgan fingerprint density at radius 3 is 2.45 bits per heavy atom. The Balaban J connectivity index is 1.45. The Morgan fingerprint density at radius 2 is 1.69 bits per heavy atom. The lowest BCUT2D eigenvalue weighted by atomic mass is 10.1. The summed E-state index contributed by atoms with van der Waals surface area (Å²) in [4.78, 5) is 25.6. The fraction of sp³-hybridized carbons (Fsp3) is 0.167. The van der Waals surface area contributed by atoms with E-state index in [2.05, 4.69) is 16.7 Å². The van der Waals surface area contributed by atoms with Crippen molar-refractivity contribution < 1.29 is 14.3 Å². The molecule has 4 aromatic rings. The van der Waals surface area contributed by atoms with Crippen LogP contribution >= 0.6 is 11.3 Å². The first-order valence-corrected chi connectivity index (χ1v) is 10.2. The molecule has 0 N–H and O–H groups in total. The number of rotatable bonds is 6. The van der Waals surface area contributed by atoms with Crippen LogP contribution in [0.25, 0.3) is 10.1 Å². The topological polar surface area (TPSA) is 48.3 Å². The summed E-state index contributed by atoms with van der Waals surface area (Å²) in [6.45, 7) is 4.35. The van der Waals surface area contributed by atoms with Crippen molar-refractivity contribution in [2.75, 3.05) is 6.61 Å². The Kier molecular flexibility index (Phi) is 5.32. The van der Waals surface area contributed by atoms with E-state index in [4.69, 9.17) is 4.74 Å². The van der Waals surface area contributed by atoms with Crippen LogP contribution in [0.4, 0.5) is 0 Å². The third kappa shape index (κ3) is 4.00. The summed E-state index contributed by atoms with van der Waals surface area (Å²) in [6.07, 6.45) is 0. The first-order chi connectivity index (χ1) is 14.0. The van der Waals surface area contributed by atoms with Gasteiger partial charge < -0.3 is 9.30 Å². The molecule has 0 spiro atoms. The summed E-state index contributed by atoms with van der Waals surface area (Å²) < 4.78 is 8.44. The van der Waals surface area contributed by atoms with Gasteiger partial charge >= 0.3 is 5.97 Å². The van der Waals surface area contributed by atoms with Crippen molar-refractivity contribution in [3.05, 3.63) is 94.1 Å². The van der Waals surface area contributed by atoms with E-state index in [0.717, 1.165) is 21.5 Å². The molecule has 2 aromatic heterocycles. The molecule has 0 amide bonds. The van der Waals surface area contributed by atoms with E-state index in [-0.39, 0.29) is 12.4 Å². The standard InChI is InChI=1S/C24H21NO3S/c1-16-12-20(17(2)25(16)14-18-8-4-3-5-9-18)21(26)15-28-24(27)23-13-19-10-6-7-11-22(19)29-23/h3-13H,14-15H2,1-2H3. The predicted molar refractivity (Wildman–Crippen MR) is 116 cm³/mol. The Hall–Kier alpha value is -3.18. The highest BCUT2D eigenvalue weighted by atomic mass is 32.1. The van der Waals surface area contributed by atoms with Gasteiger partial charge in [-0.3, -0.25) is 4.79 Å². The van der Waals surface area contributed by atoms with Gasteiger partial charge in [-0.2, -0.15) is 0 Å². The average molecular weight is 404 g/mol. The minimum absolute atomic E-state index is 0.188. The van der Waals surface area contributed by atoms with E-state index < -0.39 is 5.97 Å². The van der Waals surface area contributed by atoms with Crippen LogP contribution in [0.5, 0.6) is 0 Å². The largest absolute Gasteiger partial charge is 0.453 e. The number of ketones is 1. The van der Waals surface area contributed by atoms with E-state index >= 15 is 0 Å². The van der Waals surface area contributed by atoms with Crippen LogP contribution in [0.15, 0.2) is 66.7 Å². The van der Waals surface area contributed by atoms with Gasteiger partial charge in [0, 0.05) is 28.2 Å². The lowest BCUT2D eigenvalue weighted by Gasteiger charge is -2.10. The summed E-state index contributed by atoms with van der Waals surface area (Å²) in [5, 5.41) is 1.00. The molecule has 0 saturated carbocycles. The van der Waals surface area contributed by atoms with Gasteiger partial charge in [-0.25, -0.2) is 4.79 Å². The molecule has 4 nitrogen and oxygen atoms in total. The van der Waals surface area contributed by atoms with Crippen molar-refractivity contribution in [2.24, 2.45) is 0 Å². The number of esters is 1. The second kappa shape index (κ2) is 8.05. The number of hydrogen-bond donors (Lipinski definition) is 0.